The number of nitrogen functional groups attached to an aromatic ring is 1. The Bertz CT molecular complexity index is 761. The molecule has 12 heteroatoms. The van der Waals surface area contributed by atoms with Crippen molar-refractivity contribution in [2.24, 2.45) is 0 Å². The standard InChI is InChI=1S/C14H22N6O5S/c1-2-8(22)26-14-16-12(15)9-13(17-14)20(19-18-9)6-5-7(25-4-3-21)11(24)10(6)23/h6-8,10-11,21-24H,2-5H2,1H3,(H2,15,16,17)/t6-,7+,8?,10+,11-/m1/s1. The molecule has 0 saturated heterocycles. The Morgan fingerprint density at radius 3 is 2.81 bits per heavy atom. The van der Waals surface area contributed by atoms with Crippen LogP contribution in [0.15, 0.2) is 5.16 Å². The molecule has 0 amide bonds. The Hall–Kier alpha value is -1.57. The quantitative estimate of drug-likeness (QED) is 0.217. The molecule has 1 unspecified atom stereocenters. The van der Waals surface area contributed by atoms with E-state index >= 15 is 0 Å². The van der Waals surface area contributed by atoms with E-state index in [0.29, 0.717) is 12.1 Å². The van der Waals surface area contributed by atoms with Crippen LogP contribution in [-0.2, 0) is 4.74 Å². The van der Waals surface area contributed by atoms with Gasteiger partial charge in [-0.15, -0.1) is 5.10 Å². The van der Waals surface area contributed by atoms with E-state index in [4.69, 9.17) is 15.6 Å². The first kappa shape index (κ1) is 19.2. The van der Waals surface area contributed by atoms with Gasteiger partial charge in [0, 0.05) is 6.42 Å². The Kier molecular flexibility index (Phi) is 5.89. The second-order valence-electron chi connectivity index (χ2n) is 6.00. The summed E-state index contributed by atoms with van der Waals surface area (Å²) in [7, 11) is 0. The lowest BCUT2D eigenvalue weighted by atomic mass is 10.2. The minimum atomic E-state index is -1.14. The molecule has 3 rings (SSSR count). The Morgan fingerprint density at radius 2 is 2.12 bits per heavy atom. The lowest BCUT2D eigenvalue weighted by Gasteiger charge is -2.17. The summed E-state index contributed by atoms with van der Waals surface area (Å²) in [5.74, 6) is 0.119. The van der Waals surface area contributed by atoms with Crippen molar-refractivity contribution in [2.75, 3.05) is 18.9 Å². The number of anilines is 1. The van der Waals surface area contributed by atoms with Crippen LogP contribution < -0.4 is 5.73 Å². The topological polar surface area (TPSA) is 173 Å². The summed E-state index contributed by atoms with van der Waals surface area (Å²) < 4.78 is 6.77. The number of aliphatic hydroxyl groups is 4. The zero-order valence-corrected chi connectivity index (χ0v) is 15.0. The summed E-state index contributed by atoms with van der Waals surface area (Å²) in [6, 6.07) is -0.623. The fraction of sp³-hybridized carbons (Fsp3) is 0.714. The Morgan fingerprint density at radius 1 is 1.35 bits per heavy atom. The van der Waals surface area contributed by atoms with Crippen LogP contribution in [0.1, 0.15) is 25.8 Å². The van der Waals surface area contributed by atoms with Gasteiger partial charge in [0.05, 0.1) is 25.4 Å². The molecule has 0 radical (unpaired) electrons. The van der Waals surface area contributed by atoms with Crippen LogP contribution in [-0.4, -0.2) is 82.3 Å². The summed E-state index contributed by atoms with van der Waals surface area (Å²) in [6.07, 6.45) is -2.12. The van der Waals surface area contributed by atoms with Gasteiger partial charge in [-0.25, -0.2) is 14.6 Å². The molecule has 2 heterocycles. The van der Waals surface area contributed by atoms with Crippen molar-refractivity contribution < 1.29 is 25.2 Å². The molecule has 0 aromatic carbocycles. The SMILES string of the molecule is CCC(O)Sc1nc(N)c2nnn([C@@H]3C[C@H](OCCO)[C@@H](O)[C@H]3O)c2n1. The Labute approximate surface area is 153 Å². The van der Waals surface area contributed by atoms with Crippen LogP contribution in [0.5, 0.6) is 0 Å². The number of ether oxygens (including phenoxy) is 1. The molecule has 5 atom stereocenters. The fourth-order valence-electron chi connectivity index (χ4n) is 2.89. The monoisotopic (exact) mass is 386 g/mol. The van der Waals surface area contributed by atoms with Crippen molar-refractivity contribution in [3.8, 4) is 0 Å². The van der Waals surface area contributed by atoms with Gasteiger partial charge in [0.1, 0.15) is 17.6 Å². The Balaban J connectivity index is 1.92. The zero-order valence-electron chi connectivity index (χ0n) is 14.1. The van der Waals surface area contributed by atoms with E-state index in [1.807, 2.05) is 6.92 Å². The normalized spacial score (nSPS) is 27.3. The zero-order chi connectivity index (χ0) is 18.8. The van der Waals surface area contributed by atoms with Gasteiger partial charge in [-0.3, -0.25) is 0 Å². The third kappa shape index (κ3) is 3.61. The molecule has 144 valence electrons. The van der Waals surface area contributed by atoms with Crippen LogP contribution in [0.2, 0.25) is 0 Å². The molecule has 2 aromatic heterocycles. The van der Waals surface area contributed by atoms with Gasteiger partial charge in [0.15, 0.2) is 22.1 Å². The largest absolute Gasteiger partial charge is 0.394 e. The van der Waals surface area contributed by atoms with Gasteiger partial charge >= 0.3 is 0 Å². The van der Waals surface area contributed by atoms with Crippen molar-refractivity contribution >= 4 is 28.7 Å². The van der Waals surface area contributed by atoms with Gasteiger partial charge in [0.2, 0.25) is 0 Å². The molecule has 26 heavy (non-hydrogen) atoms. The van der Waals surface area contributed by atoms with Crippen LogP contribution >= 0.6 is 11.8 Å². The number of aromatic nitrogens is 5. The first-order valence-electron chi connectivity index (χ1n) is 8.28. The van der Waals surface area contributed by atoms with Crippen molar-refractivity contribution in [3.63, 3.8) is 0 Å². The van der Waals surface area contributed by atoms with E-state index in [9.17, 15) is 15.3 Å². The predicted molar refractivity (Wildman–Crippen MR) is 92.2 cm³/mol. The van der Waals surface area contributed by atoms with E-state index in [2.05, 4.69) is 20.3 Å². The summed E-state index contributed by atoms with van der Waals surface area (Å²) in [5.41, 5.74) is 5.83. The van der Waals surface area contributed by atoms with Crippen LogP contribution in [0.3, 0.4) is 0 Å². The molecule has 11 nitrogen and oxygen atoms in total. The lowest BCUT2D eigenvalue weighted by molar-refractivity contribution is -0.0629. The molecule has 0 spiro atoms. The second kappa shape index (κ2) is 7.98. The third-order valence-corrected chi connectivity index (χ3v) is 5.26. The highest BCUT2D eigenvalue weighted by atomic mass is 32.2. The first-order chi connectivity index (χ1) is 12.5. The minimum Gasteiger partial charge on any atom is -0.394 e. The van der Waals surface area contributed by atoms with E-state index in [0.717, 1.165) is 11.8 Å². The molecule has 0 bridgehead atoms. The highest BCUT2D eigenvalue weighted by Gasteiger charge is 2.44. The number of hydrogen-bond donors (Lipinski definition) is 5. The van der Waals surface area contributed by atoms with E-state index < -0.39 is 29.8 Å². The number of fused-ring (bicyclic) bond motifs is 1. The molecule has 2 aromatic rings. The summed E-state index contributed by atoms with van der Waals surface area (Å²) >= 11 is 1.06. The van der Waals surface area contributed by atoms with E-state index in [1.54, 1.807) is 0 Å². The third-order valence-electron chi connectivity index (χ3n) is 4.26. The van der Waals surface area contributed by atoms with Gasteiger partial charge in [-0.05, 0) is 6.42 Å². The fourth-order valence-corrected chi connectivity index (χ4v) is 3.59. The number of hydrogen-bond acceptors (Lipinski definition) is 11. The van der Waals surface area contributed by atoms with Crippen molar-refractivity contribution in [3.05, 3.63) is 0 Å². The molecular weight excluding hydrogens is 364 g/mol. The molecule has 1 aliphatic carbocycles. The summed E-state index contributed by atoms with van der Waals surface area (Å²) in [4.78, 5) is 8.46. The van der Waals surface area contributed by atoms with Gasteiger partial charge in [0.25, 0.3) is 0 Å². The van der Waals surface area contributed by atoms with Crippen LogP contribution in [0, 0.1) is 0 Å². The van der Waals surface area contributed by atoms with Crippen LogP contribution in [0.4, 0.5) is 5.82 Å². The molecule has 1 fully saturated rings. The van der Waals surface area contributed by atoms with Crippen molar-refractivity contribution in [1.29, 1.82) is 0 Å². The minimum absolute atomic E-state index is 0.0596. The molecule has 6 N–H and O–H groups in total. The van der Waals surface area contributed by atoms with Gasteiger partial charge in [-0.2, -0.15) is 0 Å². The van der Waals surface area contributed by atoms with Gasteiger partial charge in [-0.1, -0.05) is 23.9 Å². The number of aliphatic hydroxyl groups excluding tert-OH is 4. The molecule has 1 saturated carbocycles. The summed E-state index contributed by atoms with van der Waals surface area (Å²) in [6.45, 7) is 1.71. The molecular formula is C14H22N6O5S. The average Bonchev–Trinajstić information content (AvgIpc) is 3.16. The highest BCUT2D eigenvalue weighted by Crippen LogP contribution is 2.35. The number of nitrogens with two attached hydrogens (primary N) is 1. The maximum atomic E-state index is 10.4. The lowest BCUT2D eigenvalue weighted by Crippen LogP contribution is -2.33. The number of nitrogens with zero attached hydrogens (tertiary/aromatic N) is 5. The highest BCUT2D eigenvalue weighted by molar-refractivity contribution is 7.99. The number of rotatable bonds is 7. The van der Waals surface area contributed by atoms with Crippen LogP contribution in [0.25, 0.3) is 11.2 Å². The second-order valence-corrected chi connectivity index (χ2v) is 7.14. The van der Waals surface area contributed by atoms with E-state index in [1.165, 1.54) is 4.68 Å². The van der Waals surface area contributed by atoms with E-state index in [-0.39, 0.29) is 36.1 Å². The smallest absolute Gasteiger partial charge is 0.194 e. The maximum Gasteiger partial charge on any atom is 0.194 e. The van der Waals surface area contributed by atoms with Crippen molar-refractivity contribution in [2.45, 2.75) is 54.7 Å². The summed E-state index contributed by atoms with van der Waals surface area (Å²) in [5, 5.41) is 47.5. The predicted octanol–water partition coefficient (Wildman–Crippen LogP) is -1.33. The maximum absolute atomic E-state index is 10.4. The number of thioether (sulfide) groups is 1. The molecule has 0 aliphatic heterocycles. The first-order valence-corrected chi connectivity index (χ1v) is 9.16. The van der Waals surface area contributed by atoms with Gasteiger partial charge < -0.3 is 30.9 Å². The molecule has 1 aliphatic rings. The van der Waals surface area contributed by atoms with Crippen molar-refractivity contribution in [1.82, 2.24) is 25.0 Å². The average molecular weight is 386 g/mol.